The number of hydrogen-bond donors (Lipinski definition) is 2. The van der Waals surface area contributed by atoms with Crippen molar-refractivity contribution in [1.82, 2.24) is 9.97 Å². The molecule has 0 aliphatic rings. The van der Waals surface area contributed by atoms with Gasteiger partial charge in [-0.3, -0.25) is 0 Å². The fourth-order valence-corrected chi connectivity index (χ4v) is 2.54. The lowest BCUT2D eigenvalue weighted by molar-refractivity contribution is 0.415. The molecular formula is C19H19ClN4O. The van der Waals surface area contributed by atoms with Crippen LogP contribution in [-0.4, -0.2) is 17.1 Å². The second-order valence-electron chi connectivity index (χ2n) is 5.63. The van der Waals surface area contributed by atoms with Crippen LogP contribution in [0.15, 0.2) is 48.5 Å². The first kappa shape index (κ1) is 17.0. The molecule has 6 heteroatoms. The molecule has 1 aromatic heterocycles. The Hall–Kier alpha value is -2.79. The molecule has 0 aliphatic carbocycles. The highest BCUT2D eigenvalue weighted by Crippen LogP contribution is 2.25. The van der Waals surface area contributed by atoms with Crippen LogP contribution in [0.2, 0.25) is 5.02 Å². The Balaban J connectivity index is 1.83. The highest BCUT2D eigenvalue weighted by Gasteiger charge is 2.05. The van der Waals surface area contributed by atoms with Crippen molar-refractivity contribution >= 4 is 34.6 Å². The van der Waals surface area contributed by atoms with E-state index in [2.05, 4.69) is 20.6 Å². The molecule has 0 amide bonds. The lowest BCUT2D eigenvalue weighted by Gasteiger charge is -2.11. The van der Waals surface area contributed by atoms with E-state index >= 15 is 0 Å². The van der Waals surface area contributed by atoms with E-state index in [-0.39, 0.29) is 0 Å². The molecular weight excluding hydrogens is 336 g/mol. The number of aryl methyl sites for hydroxylation is 2. The first-order valence-corrected chi connectivity index (χ1v) is 8.21. The summed E-state index contributed by atoms with van der Waals surface area (Å²) in [5.41, 5.74) is 2.80. The summed E-state index contributed by atoms with van der Waals surface area (Å²) in [6.45, 7) is 3.82. The summed E-state index contributed by atoms with van der Waals surface area (Å²) in [6, 6.07) is 15.3. The predicted molar refractivity (Wildman–Crippen MR) is 103 cm³/mol. The third-order valence-electron chi connectivity index (χ3n) is 3.62. The SMILES string of the molecule is COc1cccc(Nc2cc(Nc3ccc(C)c(Cl)c3)nc(C)n2)c1. The van der Waals surface area contributed by atoms with Gasteiger partial charge in [-0.05, 0) is 43.7 Å². The van der Waals surface area contributed by atoms with Gasteiger partial charge in [0, 0.05) is 28.5 Å². The van der Waals surface area contributed by atoms with E-state index in [9.17, 15) is 0 Å². The van der Waals surface area contributed by atoms with Gasteiger partial charge in [-0.15, -0.1) is 0 Å². The predicted octanol–water partition coefficient (Wildman–Crippen LogP) is 5.24. The van der Waals surface area contributed by atoms with Crippen LogP contribution in [0.1, 0.15) is 11.4 Å². The molecule has 0 atom stereocenters. The van der Waals surface area contributed by atoms with E-state index in [1.807, 2.05) is 62.4 Å². The van der Waals surface area contributed by atoms with Gasteiger partial charge >= 0.3 is 0 Å². The second-order valence-corrected chi connectivity index (χ2v) is 6.04. The van der Waals surface area contributed by atoms with Crippen LogP contribution < -0.4 is 15.4 Å². The maximum atomic E-state index is 6.18. The number of rotatable bonds is 5. The molecule has 0 unspecified atom stereocenters. The van der Waals surface area contributed by atoms with Gasteiger partial charge in [0.25, 0.3) is 0 Å². The second kappa shape index (κ2) is 7.40. The van der Waals surface area contributed by atoms with Crippen LogP contribution in [0.3, 0.4) is 0 Å². The Morgan fingerprint density at radius 1 is 0.880 bits per heavy atom. The molecule has 2 aromatic carbocycles. The molecule has 3 aromatic rings. The minimum absolute atomic E-state index is 0.661. The van der Waals surface area contributed by atoms with Gasteiger partial charge in [-0.1, -0.05) is 23.7 Å². The molecule has 0 bridgehead atoms. The van der Waals surface area contributed by atoms with Gasteiger partial charge in [0.2, 0.25) is 0 Å². The number of methoxy groups -OCH3 is 1. The number of ether oxygens (including phenoxy) is 1. The maximum Gasteiger partial charge on any atom is 0.136 e. The van der Waals surface area contributed by atoms with Gasteiger partial charge in [-0.2, -0.15) is 0 Å². The Labute approximate surface area is 152 Å². The summed E-state index contributed by atoms with van der Waals surface area (Å²) >= 11 is 6.18. The summed E-state index contributed by atoms with van der Waals surface area (Å²) in [5, 5.41) is 7.24. The van der Waals surface area contributed by atoms with Gasteiger partial charge in [-0.25, -0.2) is 9.97 Å². The van der Waals surface area contributed by atoms with Crippen LogP contribution >= 0.6 is 11.6 Å². The van der Waals surface area contributed by atoms with E-state index in [1.54, 1.807) is 7.11 Å². The topological polar surface area (TPSA) is 59.1 Å². The van der Waals surface area contributed by atoms with Gasteiger partial charge in [0.1, 0.15) is 23.2 Å². The highest BCUT2D eigenvalue weighted by molar-refractivity contribution is 6.31. The van der Waals surface area contributed by atoms with Crippen molar-refractivity contribution in [3.05, 3.63) is 64.9 Å². The van der Waals surface area contributed by atoms with Crippen molar-refractivity contribution in [2.24, 2.45) is 0 Å². The van der Waals surface area contributed by atoms with Crippen molar-refractivity contribution < 1.29 is 4.74 Å². The molecule has 128 valence electrons. The number of aromatic nitrogens is 2. The molecule has 0 saturated carbocycles. The van der Waals surface area contributed by atoms with Gasteiger partial charge in [0.15, 0.2) is 0 Å². The molecule has 5 nitrogen and oxygen atoms in total. The molecule has 0 fully saturated rings. The van der Waals surface area contributed by atoms with E-state index in [0.717, 1.165) is 22.7 Å². The van der Waals surface area contributed by atoms with Crippen molar-refractivity contribution in [1.29, 1.82) is 0 Å². The minimum atomic E-state index is 0.661. The van der Waals surface area contributed by atoms with Crippen molar-refractivity contribution in [3.8, 4) is 5.75 Å². The Morgan fingerprint density at radius 2 is 1.56 bits per heavy atom. The molecule has 1 heterocycles. The smallest absolute Gasteiger partial charge is 0.136 e. The zero-order chi connectivity index (χ0) is 17.8. The molecule has 3 rings (SSSR count). The lowest BCUT2D eigenvalue weighted by atomic mass is 10.2. The van der Waals surface area contributed by atoms with Gasteiger partial charge < -0.3 is 15.4 Å². The molecule has 0 aliphatic heterocycles. The third-order valence-corrected chi connectivity index (χ3v) is 4.03. The minimum Gasteiger partial charge on any atom is -0.497 e. The summed E-state index contributed by atoms with van der Waals surface area (Å²) in [4.78, 5) is 8.86. The zero-order valence-corrected chi connectivity index (χ0v) is 15.1. The summed E-state index contributed by atoms with van der Waals surface area (Å²) in [7, 11) is 1.64. The number of hydrogen-bond acceptors (Lipinski definition) is 5. The highest BCUT2D eigenvalue weighted by atomic mass is 35.5. The van der Waals surface area contributed by atoms with Crippen LogP contribution in [0.4, 0.5) is 23.0 Å². The molecule has 2 N–H and O–H groups in total. The first-order chi connectivity index (χ1) is 12.0. The molecule has 0 spiro atoms. The van der Waals surface area contributed by atoms with Crippen molar-refractivity contribution in [3.63, 3.8) is 0 Å². The number of halogens is 1. The standard InChI is InChI=1S/C19H19ClN4O/c1-12-7-8-15(10-17(12)20)24-19-11-18(21-13(2)22-19)23-14-5-4-6-16(9-14)25-3/h4-11H,1-3H3,(H2,21,22,23,24). The maximum absolute atomic E-state index is 6.18. The summed E-state index contributed by atoms with van der Waals surface area (Å²) in [6.07, 6.45) is 0. The van der Waals surface area contributed by atoms with Gasteiger partial charge in [0.05, 0.1) is 7.11 Å². The van der Waals surface area contributed by atoms with E-state index < -0.39 is 0 Å². The van der Waals surface area contributed by atoms with Crippen molar-refractivity contribution in [2.45, 2.75) is 13.8 Å². The lowest BCUT2D eigenvalue weighted by Crippen LogP contribution is -2.01. The quantitative estimate of drug-likeness (QED) is 0.656. The van der Waals surface area contributed by atoms with E-state index in [0.29, 0.717) is 22.5 Å². The summed E-state index contributed by atoms with van der Waals surface area (Å²) in [5.74, 6) is 2.83. The average Bonchev–Trinajstić information content (AvgIpc) is 2.58. The largest absolute Gasteiger partial charge is 0.497 e. The Morgan fingerprint density at radius 3 is 2.20 bits per heavy atom. The van der Waals surface area contributed by atoms with Crippen molar-refractivity contribution in [2.75, 3.05) is 17.7 Å². The molecule has 0 radical (unpaired) electrons. The van der Waals surface area contributed by atoms with Crippen LogP contribution in [-0.2, 0) is 0 Å². The van der Waals surface area contributed by atoms with E-state index in [1.165, 1.54) is 0 Å². The molecule has 0 saturated heterocycles. The Kier molecular flexibility index (Phi) is 5.05. The first-order valence-electron chi connectivity index (χ1n) is 7.83. The molecule has 25 heavy (non-hydrogen) atoms. The zero-order valence-electron chi connectivity index (χ0n) is 14.3. The monoisotopic (exact) mass is 354 g/mol. The summed E-state index contributed by atoms with van der Waals surface area (Å²) < 4.78 is 5.24. The normalized spacial score (nSPS) is 10.4. The number of nitrogens with zero attached hydrogens (tertiary/aromatic N) is 2. The van der Waals surface area contributed by atoms with Crippen LogP contribution in [0.5, 0.6) is 5.75 Å². The number of nitrogens with one attached hydrogen (secondary N) is 2. The fraction of sp³-hybridized carbons (Fsp3) is 0.158. The van der Waals surface area contributed by atoms with E-state index in [4.69, 9.17) is 16.3 Å². The fourth-order valence-electron chi connectivity index (χ4n) is 2.36. The number of benzene rings is 2. The third kappa shape index (κ3) is 4.39. The average molecular weight is 355 g/mol. The van der Waals surface area contributed by atoms with Crippen LogP contribution in [0, 0.1) is 13.8 Å². The van der Waals surface area contributed by atoms with Crippen LogP contribution in [0.25, 0.3) is 0 Å². The Bertz CT molecular complexity index is 898. The number of anilines is 4.